The Bertz CT molecular complexity index is 1530. The number of fused-ring (bicyclic) bond motifs is 3. The summed E-state index contributed by atoms with van der Waals surface area (Å²) in [6.07, 6.45) is 0.757. The topological polar surface area (TPSA) is 82.8 Å². The lowest BCUT2D eigenvalue weighted by molar-refractivity contribution is -0.130. The highest BCUT2D eigenvalue weighted by Gasteiger charge is 2.29. The van der Waals surface area contributed by atoms with Crippen molar-refractivity contribution in [3.8, 4) is 17.3 Å². The summed E-state index contributed by atoms with van der Waals surface area (Å²) in [7, 11) is 3.51. The average molecular weight is 540 g/mol. The molecule has 4 heterocycles. The molecular weight excluding hydrogens is 508 g/mol. The first-order valence-electron chi connectivity index (χ1n) is 13.1. The molecule has 1 amide bonds. The minimum Gasteiger partial charge on any atom is -0.495 e. The van der Waals surface area contributed by atoms with Crippen molar-refractivity contribution in [3.05, 3.63) is 47.5 Å². The maximum atomic E-state index is 13.4. The summed E-state index contributed by atoms with van der Waals surface area (Å²) in [5.41, 5.74) is 4.81. The number of para-hydroxylation sites is 1. The van der Waals surface area contributed by atoms with Crippen molar-refractivity contribution in [3.63, 3.8) is 0 Å². The van der Waals surface area contributed by atoms with Crippen molar-refractivity contribution < 1.29 is 27.8 Å². The van der Waals surface area contributed by atoms with Gasteiger partial charge in [-0.1, -0.05) is 12.1 Å². The number of morpholine rings is 1. The first-order chi connectivity index (χ1) is 18.9. The zero-order valence-corrected chi connectivity index (χ0v) is 22.0. The van der Waals surface area contributed by atoms with Crippen molar-refractivity contribution in [2.24, 2.45) is 7.05 Å². The van der Waals surface area contributed by atoms with Gasteiger partial charge in [-0.05, 0) is 36.2 Å². The summed E-state index contributed by atoms with van der Waals surface area (Å²) >= 11 is 0. The van der Waals surface area contributed by atoms with Crippen LogP contribution in [0.15, 0.2) is 36.4 Å². The Morgan fingerprint density at radius 1 is 1.26 bits per heavy atom. The van der Waals surface area contributed by atoms with Crippen molar-refractivity contribution in [1.29, 1.82) is 0 Å². The molecule has 1 N–H and O–H groups in total. The van der Waals surface area contributed by atoms with Gasteiger partial charge in [-0.25, -0.2) is 4.98 Å². The Labute approximate surface area is 224 Å². The van der Waals surface area contributed by atoms with Gasteiger partial charge in [0.1, 0.15) is 5.75 Å². The third-order valence-electron chi connectivity index (χ3n) is 7.60. The van der Waals surface area contributed by atoms with Crippen LogP contribution in [0.25, 0.3) is 33.5 Å². The van der Waals surface area contributed by atoms with E-state index in [-0.39, 0.29) is 25.1 Å². The molecular formula is C28H31F2N5O4. The van der Waals surface area contributed by atoms with E-state index in [4.69, 9.17) is 14.5 Å². The van der Waals surface area contributed by atoms with Gasteiger partial charge in [0.25, 0.3) is 5.91 Å². The number of carbonyl (C=O) groups excluding carboxylic acids is 1. The lowest BCUT2D eigenvalue weighted by atomic mass is 9.97. The molecule has 1 fully saturated rings. The van der Waals surface area contributed by atoms with E-state index in [1.807, 2.05) is 57.5 Å². The maximum Gasteiger partial charge on any atom is 0.345 e. The van der Waals surface area contributed by atoms with Gasteiger partial charge in [0, 0.05) is 50.2 Å². The molecule has 0 unspecified atom stereocenters. The maximum absolute atomic E-state index is 13.4. The SMILES string of the molecule is COc1cccc2cc(-c3nc4cc5c(cc4n3C)CCN(C[C@H]3COCCN3)C5=O)n(CCOC(F)F)c12. The number of nitrogens with zero attached hydrogens (tertiary/aromatic N) is 4. The predicted molar refractivity (Wildman–Crippen MR) is 142 cm³/mol. The fourth-order valence-corrected chi connectivity index (χ4v) is 5.73. The van der Waals surface area contributed by atoms with Crippen LogP contribution < -0.4 is 10.1 Å². The summed E-state index contributed by atoms with van der Waals surface area (Å²) in [5.74, 6) is 1.30. The number of methoxy groups -OCH3 is 1. The van der Waals surface area contributed by atoms with Crippen LogP contribution in [-0.2, 0) is 29.5 Å². The number of amides is 1. The Morgan fingerprint density at radius 3 is 2.90 bits per heavy atom. The van der Waals surface area contributed by atoms with Gasteiger partial charge in [0.2, 0.25) is 0 Å². The van der Waals surface area contributed by atoms with Crippen LogP contribution in [0.2, 0.25) is 0 Å². The van der Waals surface area contributed by atoms with Crippen LogP contribution >= 0.6 is 0 Å². The van der Waals surface area contributed by atoms with Crippen LogP contribution in [-0.4, -0.2) is 84.1 Å². The van der Waals surface area contributed by atoms with E-state index >= 15 is 0 Å². The van der Waals surface area contributed by atoms with E-state index in [2.05, 4.69) is 10.1 Å². The molecule has 206 valence electrons. The molecule has 0 spiro atoms. The van der Waals surface area contributed by atoms with Crippen molar-refractivity contribution in [2.75, 3.05) is 46.6 Å². The number of imidazole rings is 1. The normalized spacial score (nSPS) is 17.9. The number of halogens is 2. The molecule has 2 aromatic carbocycles. The number of aryl methyl sites for hydroxylation is 1. The zero-order valence-electron chi connectivity index (χ0n) is 22.0. The second-order valence-electron chi connectivity index (χ2n) is 9.93. The summed E-state index contributed by atoms with van der Waals surface area (Å²) in [6, 6.07) is 11.7. The molecule has 2 aliphatic heterocycles. The number of aromatic nitrogens is 3. The fourth-order valence-electron chi connectivity index (χ4n) is 5.73. The van der Waals surface area contributed by atoms with E-state index < -0.39 is 6.61 Å². The Balaban J connectivity index is 1.39. The molecule has 0 radical (unpaired) electrons. The molecule has 2 aliphatic rings. The molecule has 0 aliphatic carbocycles. The third kappa shape index (κ3) is 4.75. The predicted octanol–water partition coefficient (Wildman–Crippen LogP) is 3.43. The highest BCUT2D eigenvalue weighted by Crippen LogP contribution is 2.35. The van der Waals surface area contributed by atoms with E-state index in [1.165, 1.54) is 0 Å². The molecule has 2 aromatic heterocycles. The van der Waals surface area contributed by atoms with E-state index in [0.29, 0.717) is 49.0 Å². The number of ether oxygens (including phenoxy) is 3. The smallest absolute Gasteiger partial charge is 0.345 e. The lowest BCUT2D eigenvalue weighted by Gasteiger charge is -2.33. The van der Waals surface area contributed by atoms with Crippen molar-refractivity contribution in [2.45, 2.75) is 25.6 Å². The lowest BCUT2D eigenvalue weighted by Crippen LogP contribution is -2.51. The summed E-state index contributed by atoms with van der Waals surface area (Å²) in [4.78, 5) is 20.3. The van der Waals surface area contributed by atoms with Gasteiger partial charge >= 0.3 is 6.61 Å². The summed E-state index contributed by atoms with van der Waals surface area (Å²) in [5, 5.41) is 4.32. The molecule has 0 saturated carbocycles. The van der Waals surface area contributed by atoms with E-state index in [1.54, 1.807) is 7.11 Å². The Kier molecular flexibility index (Phi) is 6.96. The van der Waals surface area contributed by atoms with Crippen molar-refractivity contribution in [1.82, 2.24) is 24.3 Å². The van der Waals surface area contributed by atoms with Crippen LogP contribution in [0.1, 0.15) is 15.9 Å². The van der Waals surface area contributed by atoms with E-state index in [9.17, 15) is 13.6 Å². The number of rotatable bonds is 8. The highest BCUT2D eigenvalue weighted by atomic mass is 19.3. The first-order valence-corrected chi connectivity index (χ1v) is 13.1. The summed E-state index contributed by atoms with van der Waals surface area (Å²) < 4.78 is 45.2. The Morgan fingerprint density at radius 2 is 2.13 bits per heavy atom. The average Bonchev–Trinajstić information content (AvgIpc) is 3.47. The molecule has 1 atom stereocenters. The zero-order chi connectivity index (χ0) is 27.1. The monoisotopic (exact) mass is 539 g/mol. The minimum absolute atomic E-state index is 0.000671. The number of nitrogens with one attached hydrogen (secondary N) is 1. The van der Waals surface area contributed by atoms with Gasteiger partial charge in [0.05, 0.1) is 49.2 Å². The molecule has 4 aromatic rings. The van der Waals surface area contributed by atoms with Crippen LogP contribution in [0, 0.1) is 0 Å². The van der Waals surface area contributed by atoms with Crippen LogP contribution in [0.5, 0.6) is 5.75 Å². The van der Waals surface area contributed by atoms with Gasteiger partial charge < -0.3 is 33.6 Å². The van der Waals surface area contributed by atoms with Gasteiger partial charge in [-0.2, -0.15) is 8.78 Å². The number of benzene rings is 2. The minimum atomic E-state index is -2.85. The molecule has 6 rings (SSSR count). The number of alkyl halides is 2. The highest BCUT2D eigenvalue weighted by molar-refractivity contribution is 6.01. The van der Waals surface area contributed by atoms with Gasteiger partial charge in [-0.15, -0.1) is 0 Å². The number of carbonyl (C=O) groups is 1. The molecule has 11 heteroatoms. The standard InChI is InChI=1S/C28H31F2N5O4/c1-33-22-12-17-6-8-34(15-19-16-38-10-7-31-19)27(36)20(17)14-21(22)32-26(33)23-13-18-4-3-5-24(37-2)25(18)35(23)9-11-39-28(29)30/h3-5,12-14,19,28,31H,6-11,15-16H2,1-2H3/t19-/m0/s1. The molecule has 9 nitrogen and oxygen atoms in total. The second-order valence-corrected chi connectivity index (χ2v) is 9.93. The molecule has 1 saturated heterocycles. The largest absolute Gasteiger partial charge is 0.495 e. The van der Waals surface area contributed by atoms with Crippen LogP contribution in [0.3, 0.4) is 0 Å². The van der Waals surface area contributed by atoms with Gasteiger partial charge in [-0.3, -0.25) is 4.79 Å². The van der Waals surface area contributed by atoms with Crippen molar-refractivity contribution >= 4 is 27.8 Å². The van der Waals surface area contributed by atoms with E-state index in [0.717, 1.165) is 40.6 Å². The number of hydrogen-bond acceptors (Lipinski definition) is 6. The fraction of sp³-hybridized carbons (Fsp3) is 0.429. The van der Waals surface area contributed by atoms with Crippen LogP contribution in [0.4, 0.5) is 8.78 Å². The number of hydrogen-bond donors (Lipinski definition) is 1. The Hall–Kier alpha value is -3.54. The second kappa shape index (κ2) is 10.6. The molecule has 39 heavy (non-hydrogen) atoms. The first kappa shape index (κ1) is 25.7. The summed E-state index contributed by atoms with van der Waals surface area (Å²) in [6.45, 7) is 0.504. The third-order valence-corrected chi connectivity index (χ3v) is 7.60. The quantitative estimate of drug-likeness (QED) is 0.370. The van der Waals surface area contributed by atoms with Gasteiger partial charge in [0.15, 0.2) is 5.82 Å². The molecule has 0 bridgehead atoms.